The Morgan fingerprint density at radius 2 is 1.89 bits per heavy atom. The second kappa shape index (κ2) is 5.97. The van der Waals surface area contributed by atoms with E-state index in [9.17, 15) is 0 Å². The molecule has 0 spiro atoms. The molecule has 0 fully saturated rings. The molecule has 0 saturated carbocycles. The number of hydrogen-bond donors (Lipinski definition) is 2. The molecular formula is C14H16Cl2N2O. The lowest BCUT2D eigenvalue weighted by molar-refractivity contribution is 0.484. The lowest BCUT2D eigenvalue weighted by atomic mass is 9.99. The topological polar surface area (TPSA) is 51.2 Å². The third kappa shape index (κ3) is 3.12. The van der Waals surface area contributed by atoms with Crippen molar-refractivity contribution in [2.75, 3.05) is 0 Å². The highest BCUT2D eigenvalue weighted by Crippen LogP contribution is 2.31. The Labute approximate surface area is 122 Å². The summed E-state index contributed by atoms with van der Waals surface area (Å²) in [5, 5.41) is 1.29. The van der Waals surface area contributed by atoms with Crippen molar-refractivity contribution >= 4 is 23.2 Å². The van der Waals surface area contributed by atoms with Gasteiger partial charge in [-0.25, -0.2) is 0 Å². The Hall–Kier alpha value is -1.00. The minimum Gasteiger partial charge on any atom is -0.466 e. The summed E-state index contributed by atoms with van der Waals surface area (Å²) < 4.78 is 5.53. The lowest BCUT2D eigenvalue weighted by Gasteiger charge is -2.17. The van der Waals surface area contributed by atoms with Gasteiger partial charge in [0.15, 0.2) is 0 Å². The Morgan fingerprint density at radius 1 is 1.26 bits per heavy atom. The van der Waals surface area contributed by atoms with Crippen LogP contribution in [0.5, 0.6) is 0 Å². The Bertz CT molecular complexity index is 561. The maximum Gasteiger partial charge on any atom is 0.105 e. The molecule has 0 radical (unpaired) electrons. The molecule has 0 bridgehead atoms. The third-order valence-corrected chi connectivity index (χ3v) is 3.83. The van der Waals surface area contributed by atoms with Crippen LogP contribution in [0.1, 0.15) is 28.7 Å². The van der Waals surface area contributed by atoms with Crippen LogP contribution < -0.4 is 11.3 Å². The molecular weight excluding hydrogens is 283 g/mol. The van der Waals surface area contributed by atoms with Gasteiger partial charge in [0.25, 0.3) is 0 Å². The predicted octanol–water partition coefficient (Wildman–Crippen LogP) is 3.95. The van der Waals surface area contributed by atoms with Gasteiger partial charge in [-0.2, -0.15) is 0 Å². The summed E-state index contributed by atoms with van der Waals surface area (Å²) in [5.41, 5.74) is 4.70. The maximum absolute atomic E-state index is 6.19. The summed E-state index contributed by atoms with van der Waals surface area (Å²) in [5.74, 6) is 7.36. The Kier molecular flexibility index (Phi) is 4.53. The quantitative estimate of drug-likeness (QED) is 0.664. The fourth-order valence-corrected chi connectivity index (χ4v) is 2.74. The number of furan rings is 1. The molecule has 1 aromatic heterocycles. The van der Waals surface area contributed by atoms with E-state index in [1.807, 2.05) is 38.1 Å². The summed E-state index contributed by atoms with van der Waals surface area (Å²) in [6.07, 6.45) is 0.606. The number of aryl methyl sites for hydroxylation is 2. The van der Waals surface area contributed by atoms with Crippen LogP contribution in [0.15, 0.2) is 28.7 Å². The standard InChI is InChI=1S/C14H16Cl2N2O/c1-8-6-10(9(2)19-8)14(18-17)7-11-12(15)4-3-5-13(11)16/h3-6,14,18H,7,17H2,1-2H3. The van der Waals surface area contributed by atoms with Gasteiger partial charge in [-0.1, -0.05) is 29.3 Å². The summed E-state index contributed by atoms with van der Waals surface area (Å²) >= 11 is 12.4. The molecule has 0 amide bonds. The van der Waals surface area contributed by atoms with E-state index in [1.165, 1.54) is 0 Å². The molecule has 19 heavy (non-hydrogen) atoms. The average Bonchev–Trinajstić information content (AvgIpc) is 2.68. The molecule has 5 heteroatoms. The van der Waals surface area contributed by atoms with Crippen LogP contribution in [0.4, 0.5) is 0 Å². The minimum absolute atomic E-state index is 0.0881. The number of hydrogen-bond acceptors (Lipinski definition) is 3. The van der Waals surface area contributed by atoms with Gasteiger partial charge in [0.2, 0.25) is 0 Å². The highest BCUT2D eigenvalue weighted by atomic mass is 35.5. The highest BCUT2D eigenvalue weighted by Gasteiger charge is 2.19. The molecule has 2 rings (SSSR count). The van der Waals surface area contributed by atoms with Crippen molar-refractivity contribution in [3.05, 3.63) is 57.0 Å². The van der Waals surface area contributed by atoms with E-state index >= 15 is 0 Å². The smallest absolute Gasteiger partial charge is 0.105 e. The molecule has 3 N–H and O–H groups in total. The monoisotopic (exact) mass is 298 g/mol. The van der Waals surface area contributed by atoms with Crippen LogP contribution in [-0.2, 0) is 6.42 Å². The number of nitrogens with two attached hydrogens (primary N) is 1. The summed E-state index contributed by atoms with van der Waals surface area (Å²) in [4.78, 5) is 0. The van der Waals surface area contributed by atoms with Crippen molar-refractivity contribution in [1.82, 2.24) is 5.43 Å². The first-order valence-electron chi connectivity index (χ1n) is 5.99. The molecule has 2 aromatic rings. The third-order valence-electron chi connectivity index (χ3n) is 3.13. The van der Waals surface area contributed by atoms with Crippen molar-refractivity contribution in [1.29, 1.82) is 0 Å². The van der Waals surface area contributed by atoms with Crippen molar-refractivity contribution in [3.63, 3.8) is 0 Å². The summed E-state index contributed by atoms with van der Waals surface area (Å²) in [6.45, 7) is 3.83. The van der Waals surface area contributed by atoms with Gasteiger partial charge in [0.1, 0.15) is 11.5 Å². The lowest BCUT2D eigenvalue weighted by Crippen LogP contribution is -2.29. The fraction of sp³-hybridized carbons (Fsp3) is 0.286. The van der Waals surface area contributed by atoms with Gasteiger partial charge in [-0.3, -0.25) is 11.3 Å². The Morgan fingerprint density at radius 3 is 2.37 bits per heavy atom. The van der Waals surface area contributed by atoms with Crippen molar-refractivity contribution in [2.45, 2.75) is 26.3 Å². The van der Waals surface area contributed by atoms with Crippen LogP contribution in [0.3, 0.4) is 0 Å². The van der Waals surface area contributed by atoms with Crippen LogP contribution in [0, 0.1) is 13.8 Å². The zero-order valence-corrected chi connectivity index (χ0v) is 12.3. The van der Waals surface area contributed by atoms with E-state index in [2.05, 4.69) is 5.43 Å². The Balaban J connectivity index is 2.32. The molecule has 1 heterocycles. The van der Waals surface area contributed by atoms with E-state index in [0.717, 1.165) is 22.6 Å². The highest BCUT2D eigenvalue weighted by molar-refractivity contribution is 6.36. The molecule has 1 unspecified atom stereocenters. The molecule has 0 saturated heterocycles. The van der Waals surface area contributed by atoms with Gasteiger partial charge < -0.3 is 4.42 Å². The zero-order valence-electron chi connectivity index (χ0n) is 10.8. The predicted molar refractivity (Wildman–Crippen MR) is 78.4 cm³/mol. The SMILES string of the molecule is Cc1cc(C(Cc2c(Cl)cccc2Cl)NN)c(C)o1. The second-order valence-electron chi connectivity index (χ2n) is 4.49. The number of rotatable bonds is 4. The number of halogens is 2. The maximum atomic E-state index is 6.19. The van der Waals surface area contributed by atoms with Crippen molar-refractivity contribution < 1.29 is 4.42 Å². The average molecular weight is 299 g/mol. The number of hydrazine groups is 1. The van der Waals surface area contributed by atoms with Gasteiger partial charge in [-0.05, 0) is 44.0 Å². The van der Waals surface area contributed by atoms with Crippen LogP contribution in [-0.4, -0.2) is 0 Å². The van der Waals surface area contributed by atoms with Gasteiger partial charge in [0.05, 0.1) is 6.04 Å². The molecule has 0 aliphatic heterocycles. The largest absolute Gasteiger partial charge is 0.466 e. The van der Waals surface area contributed by atoms with Crippen molar-refractivity contribution in [3.8, 4) is 0 Å². The van der Waals surface area contributed by atoms with Crippen LogP contribution in [0.2, 0.25) is 10.0 Å². The van der Waals surface area contributed by atoms with Crippen LogP contribution in [0.25, 0.3) is 0 Å². The van der Waals surface area contributed by atoms with E-state index < -0.39 is 0 Å². The first-order chi connectivity index (χ1) is 9.02. The molecule has 1 atom stereocenters. The van der Waals surface area contributed by atoms with E-state index in [1.54, 1.807) is 0 Å². The summed E-state index contributed by atoms with van der Waals surface area (Å²) in [6, 6.07) is 7.36. The van der Waals surface area contributed by atoms with Crippen molar-refractivity contribution in [2.24, 2.45) is 5.84 Å². The minimum atomic E-state index is -0.0881. The van der Waals surface area contributed by atoms with Gasteiger partial charge in [-0.15, -0.1) is 0 Å². The molecule has 1 aromatic carbocycles. The fourth-order valence-electron chi connectivity index (χ4n) is 2.19. The zero-order chi connectivity index (χ0) is 14.0. The number of nitrogens with one attached hydrogen (secondary N) is 1. The molecule has 0 aliphatic rings. The van der Waals surface area contributed by atoms with Crippen LogP contribution >= 0.6 is 23.2 Å². The van der Waals surface area contributed by atoms with E-state index in [-0.39, 0.29) is 6.04 Å². The molecule has 102 valence electrons. The first-order valence-corrected chi connectivity index (χ1v) is 6.74. The van der Waals surface area contributed by atoms with Gasteiger partial charge >= 0.3 is 0 Å². The second-order valence-corrected chi connectivity index (χ2v) is 5.31. The van der Waals surface area contributed by atoms with Gasteiger partial charge in [0, 0.05) is 15.6 Å². The van der Waals surface area contributed by atoms with E-state index in [4.69, 9.17) is 33.5 Å². The first kappa shape index (κ1) is 14.4. The summed E-state index contributed by atoms with van der Waals surface area (Å²) in [7, 11) is 0. The normalized spacial score (nSPS) is 12.7. The number of benzene rings is 1. The molecule has 0 aliphatic carbocycles. The van der Waals surface area contributed by atoms with E-state index in [0.29, 0.717) is 16.5 Å². The molecule has 3 nitrogen and oxygen atoms in total.